The Labute approximate surface area is 98.9 Å². The Kier molecular flexibility index (Phi) is 5.17. The average Bonchev–Trinajstić information content (AvgIpc) is 2.28. The molecule has 0 amide bonds. The van der Waals surface area contributed by atoms with Gasteiger partial charge < -0.3 is 5.32 Å². The Morgan fingerprint density at radius 2 is 2.31 bits per heavy atom. The van der Waals surface area contributed by atoms with Gasteiger partial charge in [0.1, 0.15) is 0 Å². The number of hydrogen-bond acceptors (Lipinski definition) is 3. The van der Waals surface area contributed by atoms with E-state index >= 15 is 0 Å². The minimum Gasteiger partial charge on any atom is -0.309 e. The Balaban J connectivity index is 2.55. The van der Waals surface area contributed by atoms with Crippen molar-refractivity contribution in [3.05, 3.63) is 35.4 Å². The smallest absolute Gasteiger partial charge is 0.0991 e. The zero-order valence-corrected chi connectivity index (χ0v) is 10.4. The molecule has 1 N–H and O–H groups in total. The van der Waals surface area contributed by atoms with Gasteiger partial charge in [0.05, 0.1) is 11.6 Å². The molecule has 0 aliphatic rings. The highest BCUT2D eigenvalue weighted by molar-refractivity contribution is 7.84. The second kappa shape index (κ2) is 6.41. The van der Waals surface area contributed by atoms with Gasteiger partial charge in [-0.05, 0) is 24.6 Å². The second-order valence-electron chi connectivity index (χ2n) is 3.69. The predicted octanol–water partition coefficient (Wildman–Crippen LogP) is 1.59. The van der Waals surface area contributed by atoms with Crippen LogP contribution in [0.3, 0.4) is 0 Å². The number of nitrogens with one attached hydrogen (secondary N) is 1. The molecule has 0 heterocycles. The normalized spacial score (nSPS) is 14.1. The summed E-state index contributed by atoms with van der Waals surface area (Å²) in [7, 11) is -0.759. The molecule has 1 rings (SSSR count). The van der Waals surface area contributed by atoms with Crippen LogP contribution in [-0.4, -0.2) is 22.8 Å². The summed E-state index contributed by atoms with van der Waals surface area (Å²) in [5, 5.41) is 12.1. The first-order chi connectivity index (χ1) is 7.63. The molecule has 0 spiro atoms. The molecular weight excluding hydrogens is 220 g/mol. The number of nitrogens with zero attached hydrogens (tertiary/aromatic N) is 1. The summed E-state index contributed by atoms with van der Waals surface area (Å²) < 4.78 is 10.9. The van der Waals surface area contributed by atoms with Gasteiger partial charge in [-0.25, -0.2) is 0 Å². The Bertz CT molecular complexity index is 412. The van der Waals surface area contributed by atoms with Crippen molar-refractivity contribution >= 4 is 10.8 Å². The third-order valence-electron chi connectivity index (χ3n) is 2.36. The van der Waals surface area contributed by atoms with Crippen LogP contribution < -0.4 is 5.32 Å². The molecule has 0 saturated carbocycles. The molecule has 86 valence electrons. The molecule has 4 heteroatoms. The second-order valence-corrected chi connectivity index (χ2v) is 5.25. The van der Waals surface area contributed by atoms with Crippen LogP contribution in [0.5, 0.6) is 0 Å². The fourth-order valence-corrected chi connectivity index (χ4v) is 1.82. The van der Waals surface area contributed by atoms with Crippen molar-refractivity contribution in [2.75, 3.05) is 18.6 Å². The maximum absolute atomic E-state index is 10.9. The third-order valence-corrected chi connectivity index (χ3v) is 3.13. The van der Waals surface area contributed by atoms with Crippen molar-refractivity contribution in [3.63, 3.8) is 0 Å². The van der Waals surface area contributed by atoms with E-state index in [2.05, 4.69) is 11.4 Å². The molecule has 2 atom stereocenters. The van der Waals surface area contributed by atoms with Crippen LogP contribution in [0.2, 0.25) is 0 Å². The molecule has 16 heavy (non-hydrogen) atoms. The summed E-state index contributed by atoms with van der Waals surface area (Å²) in [6.07, 6.45) is 1.70. The van der Waals surface area contributed by atoms with Gasteiger partial charge in [-0.2, -0.15) is 5.26 Å². The van der Waals surface area contributed by atoms with Gasteiger partial charge in [-0.3, -0.25) is 4.21 Å². The predicted molar refractivity (Wildman–Crippen MR) is 66.5 cm³/mol. The van der Waals surface area contributed by atoms with Crippen LogP contribution in [-0.2, 0) is 10.8 Å². The zero-order valence-electron chi connectivity index (χ0n) is 9.56. The summed E-state index contributed by atoms with van der Waals surface area (Å²) in [6, 6.07) is 9.83. The van der Waals surface area contributed by atoms with Crippen molar-refractivity contribution in [2.45, 2.75) is 13.0 Å². The van der Waals surface area contributed by atoms with E-state index in [0.717, 1.165) is 12.1 Å². The lowest BCUT2D eigenvalue weighted by Gasteiger charge is -2.13. The van der Waals surface area contributed by atoms with E-state index in [-0.39, 0.29) is 6.04 Å². The minimum atomic E-state index is -0.759. The lowest BCUT2D eigenvalue weighted by Crippen LogP contribution is -2.23. The van der Waals surface area contributed by atoms with Gasteiger partial charge in [0.2, 0.25) is 0 Å². The van der Waals surface area contributed by atoms with Gasteiger partial charge in [0, 0.05) is 35.4 Å². The minimum absolute atomic E-state index is 0.178. The molecule has 0 aliphatic carbocycles. The number of rotatable bonds is 5. The molecule has 2 unspecified atom stereocenters. The largest absolute Gasteiger partial charge is 0.309 e. The quantitative estimate of drug-likeness (QED) is 0.844. The summed E-state index contributed by atoms with van der Waals surface area (Å²) in [6.45, 7) is 2.76. The Morgan fingerprint density at radius 3 is 2.94 bits per heavy atom. The van der Waals surface area contributed by atoms with Crippen molar-refractivity contribution in [2.24, 2.45) is 0 Å². The summed E-state index contributed by atoms with van der Waals surface area (Å²) >= 11 is 0. The summed E-state index contributed by atoms with van der Waals surface area (Å²) in [4.78, 5) is 0. The zero-order chi connectivity index (χ0) is 12.0. The summed E-state index contributed by atoms with van der Waals surface area (Å²) in [5.74, 6) is 0.655. The average molecular weight is 236 g/mol. The molecule has 3 nitrogen and oxygen atoms in total. The van der Waals surface area contributed by atoms with Crippen LogP contribution in [0, 0.1) is 11.3 Å². The number of benzene rings is 1. The SMILES string of the molecule is CC(NCCS(C)=O)c1cccc(C#N)c1. The third kappa shape index (κ3) is 4.13. The first-order valence-corrected chi connectivity index (χ1v) is 6.89. The fraction of sp³-hybridized carbons (Fsp3) is 0.417. The van der Waals surface area contributed by atoms with Gasteiger partial charge >= 0.3 is 0 Å². The Hall–Kier alpha value is -1.18. The summed E-state index contributed by atoms with van der Waals surface area (Å²) in [5.41, 5.74) is 1.76. The van der Waals surface area contributed by atoms with Crippen LogP contribution in [0.4, 0.5) is 0 Å². The van der Waals surface area contributed by atoms with Crippen LogP contribution in [0.1, 0.15) is 24.1 Å². The molecular formula is C12H16N2OS. The van der Waals surface area contributed by atoms with Crippen molar-refractivity contribution in [3.8, 4) is 6.07 Å². The van der Waals surface area contributed by atoms with E-state index in [9.17, 15) is 4.21 Å². The highest BCUT2D eigenvalue weighted by Gasteiger charge is 2.05. The van der Waals surface area contributed by atoms with Crippen molar-refractivity contribution in [1.82, 2.24) is 5.32 Å². The highest BCUT2D eigenvalue weighted by atomic mass is 32.2. The number of hydrogen-bond donors (Lipinski definition) is 1. The van der Waals surface area contributed by atoms with Crippen LogP contribution in [0.25, 0.3) is 0 Å². The molecule has 1 aromatic rings. The highest BCUT2D eigenvalue weighted by Crippen LogP contribution is 2.13. The monoisotopic (exact) mass is 236 g/mol. The van der Waals surface area contributed by atoms with Crippen molar-refractivity contribution < 1.29 is 4.21 Å². The van der Waals surface area contributed by atoms with E-state index in [1.807, 2.05) is 25.1 Å². The first kappa shape index (κ1) is 12.9. The van der Waals surface area contributed by atoms with E-state index in [4.69, 9.17) is 5.26 Å². The molecule has 0 aliphatic heterocycles. The van der Waals surface area contributed by atoms with Gasteiger partial charge in [-0.15, -0.1) is 0 Å². The van der Waals surface area contributed by atoms with Gasteiger partial charge in [-0.1, -0.05) is 12.1 Å². The molecule has 1 aromatic carbocycles. The topological polar surface area (TPSA) is 52.9 Å². The van der Waals surface area contributed by atoms with E-state index in [1.165, 1.54) is 0 Å². The van der Waals surface area contributed by atoms with Crippen LogP contribution >= 0.6 is 0 Å². The van der Waals surface area contributed by atoms with E-state index in [1.54, 1.807) is 12.3 Å². The fourth-order valence-electron chi connectivity index (χ4n) is 1.41. The van der Waals surface area contributed by atoms with Crippen LogP contribution in [0.15, 0.2) is 24.3 Å². The van der Waals surface area contributed by atoms with E-state index < -0.39 is 10.8 Å². The molecule has 0 aromatic heterocycles. The maximum atomic E-state index is 10.9. The van der Waals surface area contributed by atoms with E-state index in [0.29, 0.717) is 11.3 Å². The number of nitriles is 1. The molecule has 0 bridgehead atoms. The maximum Gasteiger partial charge on any atom is 0.0991 e. The van der Waals surface area contributed by atoms with Crippen molar-refractivity contribution in [1.29, 1.82) is 5.26 Å². The van der Waals surface area contributed by atoms with Gasteiger partial charge in [0.25, 0.3) is 0 Å². The molecule has 0 saturated heterocycles. The first-order valence-electron chi connectivity index (χ1n) is 5.17. The molecule has 0 fully saturated rings. The lowest BCUT2D eigenvalue weighted by molar-refractivity contribution is 0.597. The molecule has 0 radical (unpaired) electrons. The standard InChI is InChI=1S/C12H16N2OS/c1-10(14-6-7-16(2)15)12-5-3-4-11(8-12)9-13/h3-5,8,10,14H,6-7H2,1-2H3. The van der Waals surface area contributed by atoms with Gasteiger partial charge in [0.15, 0.2) is 0 Å². The Morgan fingerprint density at radius 1 is 1.56 bits per heavy atom. The lowest BCUT2D eigenvalue weighted by atomic mass is 10.1.